The van der Waals surface area contributed by atoms with E-state index in [0.717, 1.165) is 66.4 Å². The summed E-state index contributed by atoms with van der Waals surface area (Å²) in [4.78, 5) is 41.4. The van der Waals surface area contributed by atoms with Crippen molar-refractivity contribution in [2.75, 3.05) is 19.6 Å². The Kier molecular flexibility index (Phi) is 9.14. The van der Waals surface area contributed by atoms with Gasteiger partial charge in [0.25, 0.3) is 11.1 Å². The van der Waals surface area contributed by atoms with Crippen molar-refractivity contribution < 1.29 is 19.1 Å². The highest BCUT2D eigenvalue weighted by Gasteiger charge is 2.37. The van der Waals surface area contributed by atoms with Gasteiger partial charge in [0.2, 0.25) is 5.91 Å². The second kappa shape index (κ2) is 12.1. The number of amides is 3. The van der Waals surface area contributed by atoms with Gasteiger partial charge in [-0.1, -0.05) is 42.7 Å². The Morgan fingerprint density at radius 2 is 1.66 bits per heavy atom. The third kappa shape index (κ3) is 6.79. The molecule has 0 atom stereocenters. The van der Waals surface area contributed by atoms with Gasteiger partial charge < -0.3 is 9.64 Å². The van der Waals surface area contributed by atoms with Crippen LogP contribution in [0.4, 0.5) is 4.79 Å². The Morgan fingerprint density at radius 3 is 2.29 bits per heavy atom. The first-order valence-electron chi connectivity index (χ1n) is 11.5. The van der Waals surface area contributed by atoms with Crippen LogP contribution in [0, 0.1) is 14.1 Å². The molecule has 2 aliphatic rings. The maximum absolute atomic E-state index is 12.9. The van der Waals surface area contributed by atoms with E-state index in [4.69, 9.17) is 4.74 Å². The van der Waals surface area contributed by atoms with E-state index < -0.39 is 11.1 Å². The highest BCUT2D eigenvalue weighted by Crippen LogP contribution is 2.35. The number of thioether (sulfide) groups is 1. The Morgan fingerprint density at radius 1 is 1.03 bits per heavy atom. The third-order valence-electron chi connectivity index (χ3n) is 5.95. The van der Waals surface area contributed by atoms with Crippen molar-refractivity contribution in [2.24, 2.45) is 0 Å². The molecule has 0 unspecified atom stereocenters. The zero-order valence-electron chi connectivity index (χ0n) is 19.4. The summed E-state index contributed by atoms with van der Waals surface area (Å²) in [5.74, 6) is 0.225. The molecule has 2 aliphatic heterocycles. The summed E-state index contributed by atoms with van der Waals surface area (Å²) in [5.41, 5.74) is 3.11. The van der Waals surface area contributed by atoms with Crippen LogP contribution in [-0.4, -0.2) is 46.5 Å². The van der Waals surface area contributed by atoms with E-state index in [0.29, 0.717) is 24.6 Å². The molecular weight excluding hydrogens is 690 g/mol. The zero-order chi connectivity index (χ0) is 24.9. The van der Waals surface area contributed by atoms with Crippen molar-refractivity contribution in [1.82, 2.24) is 9.80 Å². The molecule has 0 aliphatic carbocycles. The van der Waals surface area contributed by atoms with Gasteiger partial charge in [0, 0.05) is 13.1 Å². The average molecular weight is 716 g/mol. The molecular formula is C26H26I2N2O4S. The highest BCUT2D eigenvalue weighted by atomic mass is 127. The lowest BCUT2D eigenvalue weighted by Gasteiger charge is -2.22. The maximum atomic E-state index is 12.9. The number of ether oxygens (including phenoxy) is 1. The molecule has 0 N–H and O–H groups in total. The van der Waals surface area contributed by atoms with E-state index in [-0.39, 0.29) is 12.5 Å². The monoisotopic (exact) mass is 716 g/mol. The van der Waals surface area contributed by atoms with Crippen LogP contribution in [0.15, 0.2) is 41.3 Å². The van der Waals surface area contributed by atoms with Crippen LogP contribution in [0.25, 0.3) is 6.08 Å². The van der Waals surface area contributed by atoms with Crippen LogP contribution in [0.1, 0.15) is 42.4 Å². The van der Waals surface area contributed by atoms with E-state index >= 15 is 0 Å². The molecule has 6 nitrogen and oxygen atoms in total. The summed E-state index contributed by atoms with van der Waals surface area (Å²) in [5, 5.41) is -0.396. The van der Waals surface area contributed by atoms with Gasteiger partial charge in [-0.05, 0) is 106 Å². The molecule has 2 heterocycles. The number of hydrogen-bond acceptors (Lipinski definition) is 5. The van der Waals surface area contributed by atoms with Crippen molar-refractivity contribution in [2.45, 2.75) is 39.2 Å². The fraction of sp³-hybridized carbons (Fsp3) is 0.346. The highest BCUT2D eigenvalue weighted by molar-refractivity contribution is 14.1. The van der Waals surface area contributed by atoms with Crippen LogP contribution in [0.3, 0.4) is 0 Å². The number of benzene rings is 2. The Hall–Kier alpha value is -1.60. The molecule has 35 heavy (non-hydrogen) atoms. The van der Waals surface area contributed by atoms with Crippen LogP contribution in [-0.2, 0) is 16.2 Å². The summed E-state index contributed by atoms with van der Waals surface area (Å²) in [7, 11) is 0. The standard InChI is InChI=1S/C26H26I2N2O4S/c1-17-6-8-18(9-7-17)16-34-24-20(27)12-19(13-21(24)28)14-22-25(32)30(26(33)35-22)15-23(31)29-10-4-2-3-5-11-29/h6-9,12-14H,2-5,10-11,15-16H2,1H3. The summed E-state index contributed by atoms with van der Waals surface area (Å²) >= 11 is 5.34. The number of likely N-dealkylation sites (tertiary alicyclic amines) is 1. The van der Waals surface area contributed by atoms with E-state index in [1.54, 1.807) is 11.0 Å². The minimum atomic E-state index is -0.409. The van der Waals surface area contributed by atoms with Crippen molar-refractivity contribution in [3.63, 3.8) is 0 Å². The number of halogens is 2. The fourth-order valence-corrected chi connectivity index (χ4v) is 6.95. The minimum Gasteiger partial charge on any atom is -0.487 e. The normalized spacial score (nSPS) is 17.7. The number of nitrogens with zero attached hydrogens (tertiary/aromatic N) is 2. The number of rotatable bonds is 6. The van der Waals surface area contributed by atoms with Gasteiger partial charge in [-0.3, -0.25) is 19.3 Å². The molecule has 2 fully saturated rings. The van der Waals surface area contributed by atoms with Gasteiger partial charge >= 0.3 is 0 Å². The lowest BCUT2D eigenvalue weighted by Crippen LogP contribution is -2.42. The first kappa shape index (κ1) is 26.5. The van der Waals surface area contributed by atoms with Gasteiger partial charge in [-0.15, -0.1) is 0 Å². The van der Waals surface area contributed by atoms with Crippen LogP contribution in [0.2, 0.25) is 0 Å². The average Bonchev–Trinajstić information content (AvgIpc) is 3.01. The minimum absolute atomic E-state index is 0.158. The zero-order valence-corrected chi connectivity index (χ0v) is 24.5. The molecule has 0 saturated carbocycles. The topological polar surface area (TPSA) is 66.9 Å². The van der Waals surface area contributed by atoms with Crippen molar-refractivity contribution in [1.29, 1.82) is 0 Å². The lowest BCUT2D eigenvalue weighted by atomic mass is 10.1. The lowest BCUT2D eigenvalue weighted by molar-refractivity contribution is -0.135. The second-order valence-corrected chi connectivity index (χ2v) is 12.0. The Labute approximate surface area is 237 Å². The Balaban J connectivity index is 1.44. The number of imide groups is 1. The van der Waals surface area contributed by atoms with E-state index in [1.807, 2.05) is 12.1 Å². The molecule has 2 aromatic carbocycles. The fourth-order valence-electron chi connectivity index (χ4n) is 3.98. The van der Waals surface area contributed by atoms with Crippen LogP contribution in [0.5, 0.6) is 5.75 Å². The first-order chi connectivity index (χ1) is 16.8. The van der Waals surface area contributed by atoms with Gasteiger partial charge in [-0.2, -0.15) is 0 Å². The van der Waals surface area contributed by atoms with Gasteiger partial charge in [0.05, 0.1) is 12.0 Å². The van der Waals surface area contributed by atoms with Gasteiger partial charge in [-0.25, -0.2) is 0 Å². The van der Waals surface area contributed by atoms with E-state index in [9.17, 15) is 14.4 Å². The molecule has 2 aromatic rings. The summed E-state index contributed by atoms with van der Waals surface area (Å²) in [6.45, 7) is 3.72. The third-order valence-corrected chi connectivity index (χ3v) is 8.46. The molecule has 0 aromatic heterocycles. The summed E-state index contributed by atoms with van der Waals surface area (Å²) in [6, 6.07) is 12.1. The Bertz CT molecular complexity index is 1140. The van der Waals surface area contributed by atoms with Crippen molar-refractivity contribution >= 4 is 80.1 Å². The maximum Gasteiger partial charge on any atom is 0.294 e. The molecule has 4 rings (SSSR count). The molecule has 9 heteroatoms. The van der Waals surface area contributed by atoms with Gasteiger partial charge in [0.1, 0.15) is 18.9 Å². The van der Waals surface area contributed by atoms with Crippen molar-refractivity contribution in [3.05, 3.63) is 65.1 Å². The van der Waals surface area contributed by atoms with Gasteiger partial charge in [0.15, 0.2) is 0 Å². The predicted octanol–water partition coefficient (Wildman–Crippen LogP) is 6.22. The predicted molar refractivity (Wildman–Crippen MR) is 155 cm³/mol. The molecule has 3 amide bonds. The van der Waals surface area contributed by atoms with Crippen LogP contribution < -0.4 is 4.74 Å². The van der Waals surface area contributed by atoms with E-state index in [2.05, 4.69) is 76.4 Å². The summed E-state index contributed by atoms with van der Waals surface area (Å²) in [6.07, 6.45) is 5.88. The van der Waals surface area contributed by atoms with Crippen molar-refractivity contribution in [3.8, 4) is 5.75 Å². The first-order valence-corrected chi connectivity index (χ1v) is 14.5. The molecule has 2 saturated heterocycles. The smallest absolute Gasteiger partial charge is 0.294 e. The molecule has 0 bridgehead atoms. The second-order valence-electron chi connectivity index (χ2n) is 8.65. The molecule has 0 radical (unpaired) electrons. The SMILES string of the molecule is Cc1ccc(COc2c(I)cc(C=C3SC(=O)N(CC(=O)N4CCCCCC4)C3=O)cc2I)cc1. The number of carbonyl (C=O) groups excluding carboxylic acids is 3. The largest absolute Gasteiger partial charge is 0.487 e. The molecule has 0 spiro atoms. The number of aryl methyl sites for hydroxylation is 1. The molecule has 184 valence electrons. The number of hydrogen-bond donors (Lipinski definition) is 0. The quantitative estimate of drug-likeness (QED) is 0.263. The number of carbonyl (C=O) groups is 3. The summed E-state index contributed by atoms with van der Waals surface area (Å²) < 4.78 is 7.91. The van der Waals surface area contributed by atoms with Crippen LogP contribution >= 0.6 is 56.9 Å². The van der Waals surface area contributed by atoms with E-state index in [1.165, 1.54) is 5.56 Å².